The van der Waals surface area contributed by atoms with E-state index in [9.17, 15) is 8.78 Å². The van der Waals surface area contributed by atoms with Gasteiger partial charge in [0.2, 0.25) is 5.82 Å². The third-order valence-electron chi connectivity index (χ3n) is 8.14. The molecule has 2 aliphatic rings. The summed E-state index contributed by atoms with van der Waals surface area (Å²) in [6, 6.07) is 10.3. The molecule has 0 unspecified atom stereocenters. The van der Waals surface area contributed by atoms with Crippen molar-refractivity contribution in [3.63, 3.8) is 0 Å². The van der Waals surface area contributed by atoms with Gasteiger partial charge in [-0.2, -0.15) is 4.39 Å². The monoisotopic (exact) mass is 470 g/mol. The average molecular weight is 471 g/mol. The van der Waals surface area contributed by atoms with E-state index in [1.165, 1.54) is 70.3 Å². The standard InChI is InChI=1S/C30H40F2O2/c1-3-5-21-6-10-23(11-7-21)24-12-8-22(9-13-24)20-34-26-16-14-25(15-17-26)27-18-19-28(33-4-2)30(32)29(27)31/h14-19,21-24H,3-13,20H2,1-2H3. The molecule has 2 nitrogen and oxygen atoms in total. The van der Waals surface area contributed by atoms with Gasteiger partial charge >= 0.3 is 0 Å². The number of hydrogen-bond acceptors (Lipinski definition) is 2. The zero-order chi connectivity index (χ0) is 23.9. The van der Waals surface area contributed by atoms with E-state index in [1.54, 1.807) is 25.1 Å². The number of rotatable bonds is 9. The lowest BCUT2D eigenvalue weighted by Crippen LogP contribution is -2.27. The number of ether oxygens (including phenoxy) is 2. The summed E-state index contributed by atoms with van der Waals surface area (Å²) < 4.78 is 39.9. The van der Waals surface area contributed by atoms with E-state index in [-0.39, 0.29) is 11.3 Å². The zero-order valence-electron chi connectivity index (χ0n) is 20.8. The van der Waals surface area contributed by atoms with Gasteiger partial charge in [-0.15, -0.1) is 0 Å². The molecule has 34 heavy (non-hydrogen) atoms. The summed E-state index contributed by atoms with van der Waals surface area (Å²) in [5.74, 6) is 2.39. The average Bonchev–Trinajstić information content (AvgIpc) is 2.87. The van der Waals surface area contributed by atoms with Gasteiger partial charge in [0.15, 0.2) is 11.6 Å². The molecule has 4 rings (SSSR count). The van der Waals surface area contributed by atoms with Crippen molar-refractivity contribution in [1.29, 1.82) is 0 Å². The Morgan fingerprint density at radius 3 is 1.91 bits per heavy atom. The summed E-state index contributed by atoms with van der Waals surface area (Å²) >= 11 is 0. The molecule has 2 saturated carbocycles. The Morgan fingerprint density at radius 1 is 0.706 bits per heavy atom. The van der Waals surface area contributed by atoms with Crippen molar-refractivity contribution in [1.82, 2.24) is 0 Å². The van der Waals surface area contributed by atoms with E-state index in [0.717, 1.165) is 30.1 Å². The summed E-state index contributed by atoms with van der Waals surface area (Å²) in [5, 5.41) is 0. The Labute approximate surface area is 204 Å². The van der Waals surface area contributed by atoms with Crippen molar-refractivity contribution in [2.75, 3.05) is 13.2 Å². The number of hydrogen-bond donors (Lipinski definition) is 0. The van der Waals surface area contributed by atoms with Gasteiger partial charge in [0.05, 0.1) is 13.2 Å². The first-order chi connectivity index (χ1) is 16.6. The van der Waals surface area contributed by atoms with Gasteiger partial charge in [0.25, 0.3) is 0 Å². The van der Waals surface area contributed by atoms with Crippen LogP contribution in [0.4, 0.5) is 8.78 Å². The Bertz CT molecular complexity index is 895. The van der Waals surface area contributed by atoms with E-state index in [0.29, 0.717) is 18.1 Å². The van der Waals surface area contributed by atoms with Crippen molar-refractivity contribution in [2.45, 2.75) is 78.1 Å². The highest BCUT2D eigenvalue weighted by molar-refractivity contribution is 5.66. The first kappa shape index (κ1) is 25.0. The van der Waals surface area contributed by atoms with Crippen LogP contribution in [0.5, 0.6) is 11.5 Å². The van der Waals surface area contributed by atoms with E-state index < -0.39 is 11.6 Å². The minimum Gasteiger partial charge on any atom is -0.493 e. The first-order valence-corrected chi connectivity index (χ1v) is 13.4. The third kappa shape index (κ3) is 6.12. The molecule has 2 aliphatic carbocycles. The van der Waals surface area contributed by atoms with Crippen LogP contribution in [0.1, 0.15) is 78.1 Å². The molecule has 0 aromatic heterocycles. The van der Waals surface area contributed by atoms with Crippen molar-refractivity contribution in [2.24, 2.45) is 23.7 Å². The molecule has 2 fully saturated rings. The maximum Gasteiger partial charge on any atom is 0.201 e. The van der Waals surface area contributed by atoms with Gasteiger partial charge in [0, 0.05) is 5.56 Å². The van der Waals surface area contributed by atoms with Crippen molar-refractivity contribution in [3.05, 3.63) is 48.0 Å². The van der Waals surface area contributed by atoms with Crippen LogP contribution >= 0.6 is 0 Å². The van der Waals surface area contributed by atoms with Crippen LogP contribution in [0, 0.1) is 35.3 Å². The fourth-order valence-corrected chi connectivity index (χ4v) is 6.15. The number of halogens is 2. The molecule has 0 aliphatic heterocycles. The first-order valence-electron chi connectivity index (χ1n) is 13.4. The Morgan fingerprint density at radius 2 is 1.32 bits per heavy atom. The lowest BCUT2D eigenvalue weighted by Gasteiger charge is -2.37. The largest absolute Gasteiger partial charge is 0.493 e. The normalized spacial score (nSPS) is 25.2. The maximum absolute atomic E-state index is 14.5. The predicted molar refractivity (Wildman–Crippen MR) is 134 cm³/mol. The van der Waals surface area contributed by atoms with E-state index in [1.807, 2.05) is 12.1 Å². The van der Waals surface area contributed by atoms with Crippen LogP contribution < -0.4 is 9.47 Å². The second-order valence-corrected chi connectivity index (χ2v) is 10.4. The minimum atomic E-state index is -0.940. The van der Waals surface area contributed by atoms with Crippen LogP contribution in [0.2, 0.25) is 0 Å². The highest BCUT2D eigenvalue weighted by Crippen LogP contribution is 2.42. The fourth-order valence-electron chi connectivity index (χ4n) is 6.15. The smallest absolute Gasteiger partial charge is 0.201 e. The SMILES string of the molecule is CCCC1CCC(C2CCC(COc3ccc(-c4ccc(OCC)c(F)c4F)cc3)CC2)CC1. The topological polar surface area (TPSA) is 18.5 Å². The lowest BCUT2D eigenvalue weighted by molar-refractivity contribution is 0.122. The second kappa shape index (κ2) is 12.0. The molecule has 0 heterocycles. The summed E-state index contributed by atoms with van der Waals surface area (Å²) in [5.41, 5.74) is 0.857. The molecule has 2 aromatic carbocycles. The highest BCUT2D eigenvalue weighted by Gasteiger charge is 2.30. The molecule has 2 aromatic rings. The van der Waals surface area contributed by atoms with Crippen LogP contribution in [0.15, 0.2) is 36.4 Å². The fraction of sp³-hybridized carbons (Fsp3) is 0.600. The molecule has 0 N–H and O–H groups in total. The van der Waals surface area contributed by atoms with E-state index in [2.05, 4.69) is 6.92 Å². The van der Waals surface area contributed by atoms with E-state index in [4.69, 9.17) is 9.47 Å². The van der Waals surface area contributed by atoms with Crippen molar-refractivity contribution >= 4 is 0 Å². The Balaban J connectivity index is 1.24. The highest BCUT2D eigenvalue weighted by atomic mass is 19.2. The predicted octanol–water partition coefficient (Wildman–Crippen LogP) is 8.82. The molecule has 0 bridgehead atoms. The summed E-state index contributed by atoms with van der Waals surface area (Å²) in [4.78, 5) is 0. The molecular formula is C30H40F2O2. The van der Waals surface area contributed by atoms with Crippen LogP contribution in [-0.2, 0) is 0 Å². The van der Waals surface area contributed by atoms with E-state index >= 15 is 0 Å². The van der Waals surface area contributed by atoms with Gasteiger partial charge < -0.3 is 9.47 Å². The van der Waals surface area contributed by atoms with Crippen LogP contribution in [0.3, 0.4) is 0 Å². The Hall–Kier alpha value is -2.10. The van der Waals surface area contributed by atoms with Crippen LogP contribution in [-0.4, -0.2) is 13.2 Å². The van der Waals surface area contributed by atoms with Gasteiger partial charge in [0.1, 0.15) is 5.75 Å². The third-order valence-corrected chi connectivity index (χ3v) is 8.14. The summed E-state index contributed by atoms with van der Waals surface area (Å²) in [6.07, 6.45) is 13.8. The van der Waals surface area contributed by atoms with Gasteiger partial charge in [-0.3, -0.25) is 0 Å². The minimum absolute atomic E-state index is 0.0531. The molecular weight excluding hydrogens is 430 g/mol. The summed E-state index contributed by atoms with van der Waals surface area (Å²) in [7, 11) is 0. The zero-order valence-corrected chi connectivity index (χ0v) is 20.8. The Kier molecular flexibility index (Phi) is 8.86. The molecule has 0 spiro atoms. The van der Waals surface area contributed by atoms with Gasteiger partial charge in [-0.05, 0) is 98.9 Å². The van der Waals surface area contributed by atoms with Gasteiger partial charge in [-0.1, -0.05) is 44.7 Å². The van der Waals surface area contributed by atoms with Crippen molar-refractivity contribution in [3.8, 4) is 22.6 Å². The number of benzene rings is 2. The lowest BCUT2D eigenvalue weighted by atomic mass is 9.69. The summed E-state index contributed by atoms with van der Waals surface area (Å²) in [6.45, 7) is 5.09. The van der Waals surface area contributed by atoms with Gasteiger partial charge in [-0.25, -0.2) is 4.39 Å². The molecule has 0 amide bonds. The molecule has 0 radical (unpaired) electrons. The van der Waals surface area contributed by atoms with Crippen molar-refractivity contribution < 1.29 is 18.3 Å². The molecule has 0 saturated heterocycles. The molecule has 186 valence electrons. The maximum atomic E-state index is 14.5. The molecule has 4 heteroatoms. The van der Waals surface area contributed by atoms with Crippen LogP contribution in [0.25, 0.3) is 11.1 Å². The molecule has 0 atom stereocenters. The quantitative estimate of drug-likeness (QED) is 0.364. The second-order valence-electron chi connectivity index (χ2n) is 10.4.